The summed E-state index contributed by atoms with van der Waals surface area (Å²) >= 11 is 0.805. The molecule has 3 aromatic rings. The summed E-state index contributed by atoms with van der Waals surface area (Å²) in [5, 5.41) is 15.8. The van der Waals surface area contributed by atoms with Crippen molar-refractivity contribution in [1.82, 2.24) is 0 Å². The van der Waals surface area contributed by atoms with Gasteiger partial charge in [-0.25, -0.2) is 27.6 Å². The van der Waals surface area contributed by atoms with Crippen molar-refractivity contribution in [3.63, 3.8) is 0 Å². The number of phenols is 1. The number of thiophene rings is 1. The van der Waals surface area contributed by atoms with Gasteiger partial charge in [0.25, 0.3) is 0 Å². The summed E-state index contributed by atoms with van der Waals surface area (Å²) < 4.78 is 61.8. The van der Waals surface area contributed by atoms with Crippen molar-refractivity contribution < 1.29 is 51.6 Å². The Bertz CT molecular complexity index is 1360. The highest BCUT2D eigenvalue weighted by molar-refractivity contribution is 7.13. The summed E-state index contributed by atoms with van der Waals surface area (Å²) in [4.78, 5) is 36.4. The van der Waals surface area contributed by atoms with E-state index in [1.165, 1.54) is 18.6 Å². The van der Waals surface area contributed by atoms with Gasteiger partial charge in [0.05, 0.1) is 38.3 Å². The molecule has 0 unspecified atom stereocenters. The van der Waals surface area contributed by atoms with E-state index in [1.54, 1.807) is 0 Å². The zero-order chi connectivity index (χ0) is 27.3. The highest BCUT2D eigenvalue weighted by Gasteiger charge is 2.26. The number of halogens is 3. The number of amides is 2. The van der Waals surface area contributed by atoms with Gasteiger partial charge in [-0.05, 0) is 12.1 Å². The highest BCUT2D eigenvalue weighted by Crippen LogP contribution is 2.34. The lowest BCUT2D eigenvalue weighted by atomic mass is 10.2. The number of phenolic OH excluding ortho intramolecular Hbond substituents is 1. The largest absolute Gasteiger partial charge is 0.504 e. The highest BCUT2D eigenvalue weighted by atomic mass is 32.1. The van der Waals surface area contributed by atoms with E-state index in [4.69, 9.17) is 9.47 Å². The molecular formula is C23H19F3N2O8S. The predicted molar refractivity (Wildman–Crippen MR) is 125 cm³/mol. The quantitative estimate of drug-likeness (QED) is 0.277. The second-order valence-corrected chi connectivity index (χ2v) is 7.93. The first-order chi connectivity index (χ1) is 17.6. The fourth-order valence-electron chi connectivity index (χ4n) is 3.08. The maximum atomic E-state index is 14.4. The van der Waals surface area contributed by atoms with Crippen molar-refractivity contribution in [2.24, 2.45) is 0 Å². The van der Waals surface area contributed by atoms with Gasteiger partial charge in [0, 0.05) is 17.5 Å². The molecule has 1 aromatic heterocycles. The van der Waals surface area contributed by atoms with Crippen LogP contribution in [0.5, 0.6) is 17.2 Å². The average molecular weight is 540 g/mol. The van der Waals surface area contributed by atoms with Gasteiger partial charge in [0.15, 0.2) is 29.0 Å². The number of carbonyl (C=O) groups is 3. The minimum Gasteiger partial charge on any atom is -0.504 e. The van der Waals surface area contributed by atoms with Gasteiger partial charge in [-0.15, -0.1) is 11.3 Å². The second kappa shape index (κ2) is 11.5. The van der Waals surface area contributed by atoms with Crippen LogP contribution in [0.4, 0.5) is 29.3 Å². The summed E-state index contributed by atoms with van der Waals surface area (Å²) in [5.41, 5.74) is -1.15. The van der Waals surface area contributed by atoms with Crippen LogP contribution in [0.25, 0.3) is 0 Å². The minimum atomic E-state index is -1.23. The second-order valence-electron chi connectivity index (χ2n) is 7.05. The number of carbonyl (C=O) groups excluding carboxylic acids is 3. The molecule has 0 spiro atoms. The van der Waals surface area contributed by atoms with E-state index in [9.17, 15) is 32.7 Å². The molecule has 0 aliphatic rings. The molecule has 3 rings (SSSR count). The summed E-state index contributed by atoms with van der Waals surface area (Å²) in [5.74, 6) is -6.31. The molecule has 10 nitrogen and oxygen atoms in total. The van der Waals surface area contributed by atoms with Gasteiger partial charge in [0.1, 0.15) is 22.8 Å². The molecule has 0 saturated heterocycles. The minimum absolute atomic E-state index is 0.0262. The first kappa shape index (κ1) is 27.1. The number of methoxy groups -OCH3 is 3. The molecule has 0 bridgehead atoms. The third-order valence-corrected chi connectivity index (χ3v) is 5.80. The first-order valence-electron chi connectivity index (χ1n) is 10.1. The Hall–Kier alpha value is -4.46. The van der Waals surface area contributed by atoms with Gasteiger partial charge in [-0.2, -0.15) is 0 Å². The smallest absolute Gasteiger partial charge is 0.349 e. The van der Waals surface area contributed by atoms with Crippen LogP contribution in [-0.4, -0.2) is 44.4 Å². The van der Waals surface area contributed by atoms with E-state index in [0.29, 0.717) is 6.07 Å². The molecule has 0 aliphatic heterocycles. The third kappa shape index (κ3) is 5.86. The Kier molecular flexibility index (Phi) is 8.45. The number of nitrogens with one attached hydrogen (secondary N) is 2. The Morgan fingerprint density at radius 2 is 1.59 bits per heavy atom. The van der Waals surface area contributed by atoms with Crippen LogP contribution in [-0.2, 0) is 16.1 Å². The van der Waals surface area contributed by atoms with E-state index in [1.807, 2.05) is 0 Å². The van der Waals surface area contributed by atoms with Gasteiger partial charge in [-0.1, -0.05) is 0 Å². The van der Waals surface area contributed by atoms with Gasteiger partial charge in [-0.3, -0.25) is 0 Å². The van der Waals surface area contributed by atoms with E-state index in [2.05, 4.69) is 20.1 Å². The molecule has 2 amide bonds. The Labute approximate surface area is 211 Å². The number of aromatic hydroxyl groups is 1. The molecule has 1 heterocycles. The number of ether oxygens (including phenoxy) is 4. The first-order valence-corrected chi connectivity index (χ1v) is 11.0. The fourth-order valence-corrected chi connectivity index (χ4v) is 3.98. The molecule has 0 radical (unpaired) electrons. The van der Waals surface area contributed by atoms with E-state index >= 15 is 0 Å². The predicted octanol–water partition coefficient (Wildman–Crippen LogP) is 4.68. The molecule has 0 aliphatic carbocycles. The topological polar surface area (TPSA) is 132 Å². The van der Waals surface area contributed by atoms with Crippen LogP contribution in [0.1, 0.15) is 25.6 Å². The maximum absolute atomic E-state index is 14.4. The van der Waals surface area contributed by atoms with Crippen molar-refractivity contribution in [1.29, 1.82) is 0 Å². The number of anilines is 2. The molecule has 196 valence electrons. The zero-order valence-corrected chi connectivity index (χ0v) is 20.3. The normalized spacial score (nSPS) is 10.4. The fraction of sp³-hybridized carbons (Fsp3) is 0.174. The zero-order valence-electron chi connectivity index (χ0n) is 19.4. The van der Waals surface area contributed by atoms with Crippen molar-refractivity contribution in [2.75, 3.05) is 32.0 Å². The lowest BCUT2D eigenvalue weighted by Gasteiger charge is -2.14. The molecule has 0 saturated carbocycles. The van der Waals surface area contributed by atoms with E-state index in [-0.39, 0.29) is 33.2 Å². The molecule has 37 heavy (non-hydrogen) atoms. The molecule has 0 atom stereocenters. The molecular weight excluding hydrogens is 521 g/mol. The lowest BCUT2D eigenvalue weighted by Crippen LogP contribution is -2.22. The Morgan fingerprint density at radius 1 is 0.919 bits per heavy atom. The number of hydrogen-bond donors (Lipinski definition) is 3. The van der Waals surface area contributed by atoms with Crippen LogP contribution in [0.2, 0.25) is 0 Å². The number of rotatable bonds is 8. The van der Waals surface area contributed by atoms with E-state index < -0.39 is 53.5 Å². The summed E-state index contributed by atoms with van der Waals surface area (Å²) in [6.45, 7) is -0.606. The Balaban J connectivity index is 1.81. The number of benzene rings is 2. The average Bonchev–Trinajstić information content (AvgIpc) is 3.29. The summed E-state index contributed by atoms with van der Waals surface area (Å²) in [6.07, 6.45) is 0. The molecule has 0 fully saturated rings. The van der Waals surface area contributed by atoms with Gasteiger partial charge in [0.2, 0.25) is 0 Å². The number of urea groups is 1. The van der Waals surface area contributed by atoms with Crippen molar-refractivity contribution >= 4 is 40.7 Å². The molecule has 2 aromatic carbocycles. The van der Waals surface area contributed by atoms with Gasteiger partial charge < -0.3 is 34.7 Å². The van der Waals surface area contributed by atoms with Crippen molar-refractivity contribution in [2.45, 2.75) is 6.61 Å². The van der Waals surface area contributed by atoms with Crippen LogP contribution in [0.15, 0.2) is 29.6 Å². The van der Waals surface area contributed by atoms with Crippen LogP contribution in [0.3, 0.4) is 0 Å². The molecule has 3 N–H and O–H groups in total. The summed E-state index contributed by atoms with van der Waals surface area (Å²) in [6, 6.07) is 2.54. The van der Waals surface area contributed by atoms with Crippen molar-refractivity contribution in [3.8, 4) is 17.2 Å². The van der Waals surface area contributed by atoms with Crippen molar-refractivity contribution in [3.05, 3.63) is 63.1 Å². The SMILES string of the molecule is COC(=O)c1scc(NC(=O)Nc2cc(OCc3c(OC)ccc(F)c3F)c(O)cc2F)c1C(=O)OC. The van der Waals surface area contributed by atoms with Crippen LogP contribution >= 0.6 is 11.3 Å². The number of hydrogen-bond acceptors (Lipinski definition) is 9. The monoisotopic (exact) mass is 540 g/mol. The molecule has 14 heteroatoms. The maximum Gasteiger partial charge on any atom is 0.349 e. The number of esters is 2. The Morgan fingerprint density at radius 3 is 2.24 bits per heavy atom. The van der Waals surface area contributed by atoms with Crippen LogP contribution in [0, 0.1) is 17.5 Å². The summed E-state index contributed by atoms with van der Waals surface area (Å²) in [7, 11) is 3.41. The standard InChI is InChI=1S/C23H19F3N2O8S/c1-33-16-5-4-11(24)19(26)10(16)8-36-17-7-13(12(25)6-15(17)29)27-23(32)28-14-9-37-20(22(31)35-3)18(14)21(30)34-2/h4-7,9,29H,8H2,1-3H3,(H2,27,28,32). The van der Waals surface area contributed by atoms with E-state index in [0.717, 1.165) is 37.7 Å². The van der Waals surface area contributed by atoms with Gasteiger partial charge >= 0.3 is 18.0 Å². The third-order valence-electron chi connectivity index (χ3n) is 4.84. The van der Waals surface area contributed by atoms with Crippen LogP contribution < -0.4 is 20.1 Å². The lowest BCUT2D eigenvalue weighted by molar-refractivity contribution is 0.0561.